The van der Waals surface area contributed by atoms with Crippen molar-refractivity contribution in [1.82, 2.24) is 14.6 Å². The first-order valence-corrected chi connectivity index (χ1v) is 10.2. The Morgan fingerprint density at radius 2 is 1.86 bits per heavy atom. The second-order valence-electron chi connectivity index (χ2n) is 5.93. The van der Waals surface area contributed by atoms with E-state index in [1.165, 1.54) is 17.6 Å². The number of thiazole rings is 1. The van der Waals surface area contributed by atoms with Crippen molar-refractivity contribution in [1.29, 1.82) is 0 Å². The van der Waals surface area contributed by atoms with Gasteiger partial charge in [-0.05, 0) is 43.3 Å². The maximum Gasteiger partial charge on any atom is 0.377 e. The summed E-state index contributed by atoms with van der Waals surface area (Å²) in [5, 5.41) is 9.73. The highest BCUT2D eigenvalue weighted by Crippen LogP contribution is 2.26. The molecule has 29 heavy (non-hydrogen) atoms. The first-order chi connectivity index (χ1) is 13.9. The molecular weight excluding hydrogens is 455 g/mol. The van der Waals surface area contributed by atoms with Crippen LogP contribution in [-0.4, -0.2) is 26.8 Å². The predicted octanol–water partition coefficient (Wildman–Crippen LogP) is 5.92. The number of hydrogen-bond acceptors (Lipinski definition) is 6. The van der Waals surface area contributed by atoms with E-state index in [-0.39, 0.29) is 0 Å². The first kappa shape index (κ1) is 19.8. The number of nitrogens with zero attached hydrogens (tertiary/aromatic N) is 4. The molecule has 0 aliphatic heterocycles. The summed E-state index contributed by atoms with van der Waals surface area (Å²) < 4.78 is 1.60. The van der Waals surface area contributed by atoms with Gasteiger partial charge in [-0.2, -0.15) is 4.98 Å². The lowest BCUT2D eigenvalue weighted by Gasteiger charge is -1.99. The maximum atomic E-state index is 12.4. The fraction of sp³-hybridized carbons (Fsp3) is 0.0526. The van der Waals surface area contributed by atoms with Gasteiger partial charge in [0.25, 0.3) is 0 Å². The Morgan fingerprint density at radius 1 is 1.14 bits per heavy atom. The molecule has 0 atom stereocenters. The summed E-state index contributed by atoms with van der Waals surface area (Å²) in [6.45, 7) is 1.76. The summed E-state index contributed by atoms with van der Waals surface area (Å²) in [6, 6.07) is 12.1. The zero-order valence-corrected chi connectivity index (χ0v) is 17.9. The molecule has 0 saturated heterocycles. The molecule has 2 aromatic carbocycles. The van der Waals surface area contributed by atoms with Crippen LogP contribution in [0.15, 0.2) is 47.6 Å². The van der Waals surface area contributed by atoms with E-state index >= 15 is 0 Å². The number of fused-ring (bicyclic) bond motifs is 1. The van der Waals surface area contributed by atoms with Crippen molar-refractivity contribution < 1.29 is 9.63 Å². The lowest BCUT2D eigenvalue weighted by molar-refractivity contribution is 0.0523. The third-order valence-electron chi connectivity index (χ3n) is 3.99. The molecule has 0 aliphatic rings. The quantitative estimate of drug-likeness (QED) is 0.213. The Morgan fingerprint density at radius 3 is 2.55 bits per heavy atom. The van der Waals surface area contributed by atoms with E-state index in [9.17, 15) is 4.79 Å². The van der Waals surface area contributed by atoms with Gasteiger partial charge in [0.2, 0.25) is 4.96 Å². The summed E-state index contributed by atoms with van der Waals surface area (Å²) >= 11 is 19.0. The number of benzene rings is 2. The minimum atomic E-state index is -0.603. The number of rotatable bonds is 4. The Bertz CT molecular complexity index is 1250. The van der Waals surface area contributed by atoms with Crippen LogP contribution in [-0.2, 0) is 4.84 Å². The highest BCUT2D eigenvalue weighted by molar-refractivity contribution is 7.19. The van der Waals surface area contributed by atoms with Crippen molar-refractivity contribution >= 4 is 63.3 Å². The summed E-state index contributed by atoms with van der Waals surface area (Å²) in [5.74, 6) is -0.0551. The number of oxime groups is 1. The first-order valence-electron chi connectivity index (χ1n) is 8.24. The second-order valence-corrected chi connectivity index (χ2v) is 8.19. The number of aromatic nitrogens is 3. The minimum absolute atomic E-state index is 0.363. The predicted molar refractivity (Wildman–Crippen MR) is 116 cm³/mol. The van der Waals surface area contributed by atoms with Gasteiger partial charge in [0.05, 0.1) is 16.9 Å². The van der Waals surface area contributed by atoms with Crippen LogP contribution in [0.5, 0.6) is 0 Å². The Hall–Kier alpha value is -2.45. The van der Waals surface area contributed by atoms with Crippen molar-refractivity contribution in [2.45, 2.75) is 6.92 Å². The molecule has 2 aromatic heterocycles. The molecular formula is C19H11Cl3N4O2S. The highest BCUT2D eigenvalue weighted by atomic mass is 35.5. The standard InChI is InChI=1S/C19H11Cl3N4O2S/c1-10-16(18(27)28-23-9-12-4-7-14(21)8-15(12)22)29-19-24-17(25-26(10)19)11-2-5-13(20)6-3-11/h2-9H,1H3/b23-9-. The lowest BCUT2D eigenvalue weighted by Crippen LogP contribution is -2.02. The average molecular weight is 466 g/mol. The number of hydrogen-bond donors (Lipinski definition) is 0. The molecule has 0 aliphatic carbocycles. The van der Waals surface area contributed by atoms with Crippen LogP contribution < -0.4 is 0 Å². The van der Waals surface area contributed by atoms with E-state index < -0.39 is 5.97 Å². The van der Waals surface area contributed by atoms with E-state index in [2.05, 4.69) is 15.2 Å². The average Bonchev–Trinajstić information content (AvgIpc) is 3.24. The summed E-state index contributed by atoms with van der Waals surface area (Å²) in [5.41, 5.74) is 2.02. The van der Waals surface area contributed by atoms with Crippen LogP contribution in [0.4, 0.5) is 0 Å². The summed E-state index contributed by atoms with van der Waals surface area (Å²) in [6.07, 6.45) is 1.35. The van der Waals surface area contributed by atoms with Crippen LogP contribution in [0.25, 0.3) is 16.3 Å². The lowest BCUT2D eigenvalue weighted by atomic mass is 10.2. The van der Waals surface area contributed by atoms with Gasteiger partial charge in [0, 0.05) is 21.2 Å². The Labute approximate surface area is 184 Å². The number of aryl methyl sites for hydroxylation is 1. The minimum Gasteiger partial charge on any atom is -0.312 e. The molecule has 0 N–H and O–H groups in total. The number of carbonyl (C=O) groups is 1. The third kappa shape index (κ3) is 4.13. The van der Waals surface area contributed by atoms with Crippen molar-refractivity contribution in [2.24, 2.45) is 5.16 Å². The van der Waals surface area contributed by atoms with Crippen molar-refractivity contribution in [3.8, 4) is 11.4 Å². The monoisotopic (exact) mass is 464 g/mol. The van der Waals surface area contributed by atoms with Gasteiger partial charge in [-0.15, -0.1) is 5.10 Å². The zero-order valence-electron chi connectivity index (χ0n) is 14.8. The van der Waals surface area contributed by atoms with Crippen molar-refractivity contribution in [3.05, 3.63) is 73.7 Å². The normalized spacial score (nSPS) is 11.4. The molecule has 0 saturated carbocycles. The third-order valence-corrected chi connectivity index (χ3v) is 5.92. The van der Waals surface area contributed by atoms with Gasteiger partial charge in [-0.1, -0.05) is 57.4 Å². The summed E-state index contributed by atoms with van der Waals surface area (Å²) in [7, 11) is 0. The molecule has 0 fully saturated rings. The van der Waals surface area contributed by atoms with E-state index in [0.717, 1.165) is 5.56 Å². The molecule has 10 heteroatoms. The van der Waals surface area contributed by atoms with Crippen LogP contribution in [0.1, 0.15) is 20.9 Å². The Kier molecular flexibility index (Phi) is 5.56. The van der Waals surface area contributed by atoms with E-state index in [1.807, 2.05) is 12.1 Å². The number of halogens is 3. The van der Waals surface area contributed by atoms with E-state index in [1.54, 1.807) is 41.8 Å². The van der Waals surface area contributed by atoms with Gasteiger partial charge in [-0.3, -0.25) is 0 Å². The Balaban J connectivity index is 1.53. The van der Waals surface area contributed by atoms with Gasteiger partial charge in [-0.25, -0.2) is 9.31 Å². The molecule has 0 spiro atoms. The van der Waals surface area contributed by atoms with Crippen LogP contribution in [0.2, 0.25) is 15.1 Å². The maximum absolute atomic E-state index is 12.4. The SMILES string of the molecule is Cc1c(C(=O)O/N=C\c2ccc(Cl)cc2Cl)sc2nc(-c3ccc(Cl)cc3)nn12. The molecule has 0 amide bonds. The van der Waals surface area contributed by atoms with E-state index in [4.69, 9.17) is 39.6 Å². The largest absolute Gasteiger partial charge is 0.377 e. The fourth-order valence-electron chi connectivity index (χ4n) is 2.53. The molecule has 2 heterocycles. The molecule has 0 bridgehead atoms. The molecule has 0 radical (unpaired) electrons. The van der Waals surface area contributed by atoms with Crippen LogP contribution in [0, 0.1) is 6.92 Å². The van der Waals surface area contributed by atoms with Gasteiger partial charge >= 0.3 is 5.97 Å². The molecule has 6 nitrogen and oxygen atoms in total. The molecule has 0 unspecified atom stereocenters. The fourth-order valence-corrected chi connectivity index (χ4v) is 4.05. The second kappa shape index (κ2) is 8.12. The molecule has 146 valence electrons. The molecule has 4 rings (SSSR count). The smallest absolute Gasteiger partial charge is 0.312 e. The van der Waals surface area contributed by atoms with E-state index in [0.29, 0.717) is 42.0 Å². The van der Waals surface area contributed by atoms with Gasteiger partial charge < -0.3 is 4.84 Å². The van der Waals surface area contributed by atoms with Crippen LogP contribution >= 0.6 is 46.1 Å². The van der Waals surface area contributed by atoms with Gasteiger partial charge in [0.1, 0.15) is 4.88 Å². The van der Waals surface area contributed by atoms with Crippen molar-refractivity contribution in [3.63, 3.8) is 0 Å². The highest BCUT2D eigenvalue weighted by Gasteiger charge is 2.20. The topological polar surface area (TPSA) is 68.8 Å². The number of carbonyl (C=O) groups excluding carboxylic acids is 1. The van der Waals surface area contributed by atoms with Crippen molar-refractivity contribution in [2.75, 3.05) is 0 Å². The molecule has 4 aromatic rings. The summed E-state index contributed by atoms with van der Waals surface area (Å²) in [4.78, 5) is 22.8. The van der Waals surface area contributed by atoms with Crippen LogP contribution in [0.3, 0.4) is 0 Å². The van der Waals surface area contributed by atoms with Gasteiger partial charge in [0.15, 0.2) is 5.82 Å². The zero-order chi connectivity index (χ0) is 20.5.